The third kappa shape index (κ3) is 8.79. The summed E-state index contributed by atoms with van der Waals surface area (Å²) in [5.74, 6) is 0.592. The highest BCUT2D eigenvalue weighted by Gasteiger charge is 2.37. The van der Waals surface area contributed by atoms with Crippen molar-refractivity contribution < 1.29 is 23.9 Å². The van der Waals surface area contributed by atoms with Crippen molar-refractivity contribution in [3.63, 3.8) is 0 Å². The number of nitrogens with one attached hydrogen (secondary N) is 1. The lowest BCUT2D eigenvalue weighted by Gasteiger charge is -2.42. The van der Waals surface area contributed by atoms with Crippen molar-refractivity contribution in [1.82, 2.24) is 29.2 Å². The van der Waals surface area contributed by atoms with Crippen LogP contribution in [0.25, 0.3) is 11.0 Å². The molecule has 3 amide bonds. The molecule has 2 saturated heterocycles. The average molecular weight is 699 g/mol. The first kappa shape index (κ1) is 36.1. The highest BCUT2D eigenvalue weighted by atomic mass is 16.6. The Labute approximate surface area is 299 Å². The zero-order valence-electron chi connectivity index (χ0n) is 30.3. The Hall–Kier alpha value is -4.70. The van der Waals surface area contributed by atoms with Crippen LogP contribution in [-0.4, -0.2) is 105 Å². The minimum atomic E-state index is -0.573. The molecule has 1 saturated carbocycles. The number of fused-ring (bicyclic) bond motifs is 1. The number of nitrogens with zero attached hydrogens (tertiary/aromatic N) is 7. The van der Waals surface area contributed by atoms with Gasteiger partial charge in [-0.1, -0.05) is 6.42 Å². The standard InChI is InChI=1S/C38H50N8O5/c1-26-25-44(37(49)51-38(2,3)4)18-19-45(26)35(48)29-12-14-30(15-13-29)46-32-22-33(50-21-20-43-16-6-5-7-17-43)40-24-31(32)41-36(46)42-34(47)28-10-8-27(23-39)9-11-28/h8-11,22,24,26,29-30H,5-7,12-21,25H2,1-4H3,(H,41,42,47)/t26-,29?,30?/m1/s1. The Morgan fingerprint density at radius 2 is 1.73 bits per heavy atom. The van der Waals surface area contributed by atoms with Crippen molar-refractivity contribution in [3.8, 4) is 11.9 Å². The van der Waals surface area contributed by atoms with Gasteiger partial charge in [-0.05, 0) is 104 Å². The quantitative estimate of drug-likeness (QED) is 0.317. The van der Waals surface area contributed by atoms with Gasteiger partial charge in [0.1, 0.15) is 17.7 Å². The third-order valence-corrected chi connectivity index (χ3v) is 10.1. The third-order valence-electron chi connectivity index (χ3n) is 10.1. The van der Waals surface area contributed by atoms with E-state index in [1.165, 1.54) is 19.3 Å². The Morgan fingerprint density at radius 1 is 1.00 bits per heavy atom. The molecule has 4 heterocycles. The minimum Gasteiger partial charge on any atom is -0.476 e. The van der Waals surface area contributed by atoms with Crippen molar-refractivity contribution in [3.05, 3.63) is 47.7 Å². The van der Waals surface area contributed by atoms with E-state index in [2.05, 4.69) is 25.8 Å². The summed E-state index contributed by atoms with van der Waals surface area (Å²) < 4.78 is 13.8. The van der Waals surface area contributed by atoms with Crippen LogP contribution in [0.5, 0.6) is 5.88 Å². The number of hydrogen-bond donors (Lipinski definition) is 1. The van der Waals surface area contributed by atoms with Crippen LogP contribution < -0.4 is 10.1 Å². The maximum absolute atomic E-state index is 13.8. The van der Waals surface area contributed by atoms with Gasteiger partial charge < -0.3 is 23.8 Å². The Morgan fingerprint density at radius 3 is 2.39 bits per heavy atom. The van der Waals surface area contributed by atoms with Gasteiger partial charge in [0.05, 0.1) is 23.3 Å². The number of anilines is 1. The van der Waals surface area contributed by atoms with Crippen molar-refractivity contribution in [1.29, 1.82) is 5.26 Å². The van der Waals surface area contributed by atoms with E-state index in [0.29, 0.717) is 67.6 Å². The van der Waals surface area contributed by atoms with Crippen LogP contribution >= 0.6 is 0 Å². The van der Waals surface area contributed by atoms with Crippen LogP contribution in [0.2, 0.25) is 0 Å². The molecule has 3 fully saturated rings. The monoisotopic (exact) mass is 698 g/mol. The lowest BCUT2D eigenvalue weighted by atomic mass is 9.84. The fourth-order valence-corrected chi connectivity index (χ4v) is 7.44. The van der Waals surface area contributed by atoms with E-state index in [9.17, 15) is 19.6 Å². The van der Waals surface area contributed by atoms with Crippen molar-refractivity contribution >= 4 is 34.9 Å². The van der Waals surface area contributed by atoms with Crippen LogP contribution in [-0.2, 0) is 9.53 Å². The summed E-state index contributed by atoms with van der Waals surface area (Å²) in [5, 5.41) is 12.2. The summed E-state index contributed by atoms with van der Waals surface area (Å²) >= 11 is 0. The van der Waals surface area contributed by atoms with Crippen molar-refractivity contribution in [2.45, 2.75) is 90.3 Å². The Balaban J connectivity index is 1.16. The number of piperazine rings is 1. The largest absolute Gasteiger partial charge is 0.476 e. The maximum Gasteiger partial charge on any atom is 0.410 e. The predicted octanol–water partition coefficient (Wildman–Crippen LogP) is 5.62. The van der Waals surface area contributed by atoms with E-state index in [0.717, 1.165) is 38.0 Å². The number of carbonyl (C=O) groups is 3. The molecule has 3 aliphatic rings. The summed E-state index contributed by atoms with van der Waals surface area (Å²) in [5.41, 5.74) is 1.78. The number of ether oxygens (including phenoxy) is 2. The zero-order chi connectivity index (χ0) is 36.1. The van der Waals surface area contributed by atoms with Gasteiger partial charge in [0.15, 0.2) is 0 Å². The number of likely N-dealkylation sites (tertiary alicyclic amines) is 1. The van der Waals surface area contributed by atoms with Crippen LogP contribution in [0.3, 0.4) is 0 Å². The summed E-state index contributed by atoms with van der Waals surface area (Å²) in [6.07, 6.45) is 7.89. The van der Waals surface area contributed by atoms with Crippen LogP contribution in [0.15, 0.2) is 36.5 Å². The first-order chi connectivity index (χ1) is 24.5. The molecule has 2 aliphatic heterocycles. The van der Waals surface area contributed by atoms with E-state index >= 15 is 0 Å². The number of piperidine rings is 1. The Bertz CT molecular complexity index is 1750. The summed E-state index contributed by atoms with van der Waals surface area (Å²) in [6, 6.07) is 10.3. The van der Waals surface area contributed by atoms with E-state index in [-0.39, 0.29) is 35.9 Å². The van der Waals surface area contributed by atoms with Gasteiger partial charge in [-0.3, -0.25) is 19.8 Å². The highest BCUT2D eigenvalue weighted by molar-refractivity contribution is 6.04. The molecule has 1 atom stereocenters. The molecule has 3 aromatic rings. The van der Waals surface area contributed by atoms with Crippen molar-refractivity contribution in [2.75, 3.05) is 51.2 Å². The molecule has 272 valence electrons. The first-order valence-corrected chi connectivity index (χ1v) is 18.3. The number of pyridine rings is 1. The highest BCUT2D eigenvalue weighted by Crippen LogP contribution is 2.38. The molecule has 13 nitrogen and oxygen atoms in total. The fraction of sp³-hybridized carbons (Fsp3) is 0.579. The molecule has 1 N–H and O–H groups in total. The molecular formula is C38H50N8O5. The van der Waals surface area contributed by atoms with Gasteiger partial charge in [0.2, 0.25) is 17.7 Å². The van der Waals surface area contributed by atoms with E-state index in [1.54, 1.807) is 35.4 Å². The number of benzene rings is 1. The smallest absolute Gasteiger partial charge is 0.410 e. The molecule has 1 aromatic carbocycles. The molecule has 6 rings (SSSR count). The van der Waals surface area contributed by atoms with Gasteiger partial charge in [-0.25, -0.2) is 14.8 Å². The zero-order valence-corrected chi connectivity index (χ0v) is 30.3. The van der Waals surface area contributed by atoms with Crippen LogP contribution in [0, 0.1) is 17.2 Å². The molecule has 0 bridgehead atoms. The second-order valence-corrected chi connectivity index (χ2v) is 15.0. The molecule has 13 heteroatoms. The number of nitriles is 1. The molecule has 0 spiro atoms. The average Bonchev–Trinajstić information content (AvgIpc) is 3.48. The minimum absolute atomic E-state index is 0.0136. The SMILES string of the molecule is C[C@@H]1CN(C(=O)OC(C)(C)C)CCN1C(=O)C1CCC(n2c(NC(=O)c3ccc(C#N)cc3)nc3cnc(OCCN4CCCCC4)cc32)CC1. The van der Waals surface area contributed by atoms with E-state index < -0.39 is 5.60 Å². The Kier molecular flexibility index (Phi) is 11.1. The van der Waals surface area contributed by atoms with Crippen LogP contribution in [0.4, 0.5) is 10.7 Å². The summed E-state index contributed by atoms with van der Waals surface area (Å²) in [6.45, 7) is 12.5. The second kappa shape index (κ2) is 15.7. The molecule has 1 aliphatic carbocycles. The first-order valence-electron chi connectivity index (χ1n) is 18.3. The van der Waals surface area contributed by atoms with Gasteiger partial charge in [-0.2, -0.15) is 5.26 Å². The fourth-order valence-electron chi connectivity index (χ4n) is 7.44. The van der Waals surface area contributed by atoms with Gasteiger partial charge in [-0.15, -0.1) is 0 Å². The summed E-state index contributed by atoms with van der Waals surface area (Å²) in [4.78, 5) is 55.2. The number of rotatable bonds is 8. The van der Waals surface area contributed by atoms with Crippen LogP contribution in [0.1, 0.15) is 94.6 Å². The second-order valence-electron chi connectivity index (χ2n) is 15.0. The van der Waals surface area contributed by atoms with E-state index in [1.807, 2.05) is 38.7 Å². The van der Waals surface area contributed by atoms with Crippen molar-refractivity contribution in [2.24, 2.45) is 5.92 Å². The molecule has 51 heavy (non-hydrogen) atoms. The molecule has 2 aromatic heterocycles. The summed E-state index contributed by atoms with van der Waals surface area (Å²) in [7, 11) is 0. The van der Waals surface area contributed by atoms with Gasteiger partial charge in [0.25, 0.3) is 5.91 Å². The topological polar surface area (TPSA) is 146 Å². The molecule has 0 radical (unpaired) electrons. The predicted molar refractivity (Wildman–Crippen MR) is 192 cm³/mol. The number of aromatic nitrogens is 3. The number of hydrogen-bond acceptors (Lipinski definition) is 9. The van der Waals surface area contributed by atoms with Gasteiger partial charge in [0, 0.05) is 55.8 Å². The molecule has 0 unspecified atom stereocenters. The number of carbonyl (C=O) groups excluding carboxylic acids is 3. The molecular weight excluding hydrogens is 648 g/mol. The van der Waals surface area contributed by atoms with Gasteiger partial charge >= 0.3 is 6.09 Å². The lowest BCUT2D eigenvalue weighted by molar-refractivity contribution is -0.141. The number of amides is 3. The number of imidazole rings is 1. The normalized spacial score (nSPS) is 21.6. The lowest BCUT2D eigenvalue weighted by Crippen LogP contribution is -2.57. The maximum atomic E-state index is 13.8. The van der Waals surface area contributed by atoms with E-state index in [4.69, 9.17) is 14.5 Å².